The van der Waals surface area contributed by atoms with Crippen LogP contribution in [0.1, 0.15) is 46.0 Å². The zero-order chi connectivity index (χ0) is 18.0. The average Bonchev–Trinajstić information content (AvgIpc) is 3.02. The molecule has 3 heterocycles. The number of hydrogen-bond acceptors (Lipinski definition) is 4. The molecule has 0 spiro atoms. The van der Waals surface area contributed by atoms with Crippen LogP contribution >= 0.6 is 0 Å². The van der Waals surface area contributed by atoms with Crippen LogP contribution in [0.4, 0.5) is 4.79 Å². The van der Waals surface area contributed by atoms with Crippen LogP contribution < -0.4 is 5.32 Å². The fourth-order valence-corrected chi connectivity index (χ4v) is 3.26. The fraction of sp³-hybridized carbons (Fsp3) is 0.611. The molecule has 1 saturated heterocycles. The van der Waals surface area contributed by atoms with Crippen molar-refractivity contribution in [2.75, 3.05) is 13.1 Å². The molecule has 3 unspecified atom stereocenters. The van der Waals surface area contributed by atoms with Gasteiger partial charge in [-0.15, -0.1) is 10.2 Å². The van der Waals surface area contributed by atoms with Crippen molar-refractivity contribution in [1.82, 2.24) is 24.8 Å². The Bertz CT molecular complexity index is 729. The summed E-state index contributed by atoms with van der Waals surface area (Å²) in [4.78, 5) is 14.7. The molecule has 0 radical (unpaired) electrons. The Morgan fingerprint density at radius 3 is 2.88 bits per heavy atom. The number of aromatic nitrogens is 3. The van der Waals surface area contributed by atoms with Gasteiger partial charge in [-0.2, -0.15) is 0 Å². The molecule has 136 valence electrons. The minimum absolute atomic E-state index is 0.0517. The van der Waals surface area contributed by atoms with Crippen LogP contribution in [0, 0.1) is 5.92 Å². The number of carbonyl (C=O) groups is 1. The van der Waals surface area contributed by atoms with Gasteiger partial charge in [0.2, 0.25) is 0 Å². The largest absolute Gasteiger partial charge is 0.372 e. The summed E-state index contributed by atoms with van der Waals surface area (Å²) >= 11 is 0. The number of rotatable bonds is 4. The molecule has 1 aliphatic rings. The molecule has 7 nitrogen and oxygen atoms in total. The van der Waals surface area contributed by atoms with Crippen LogP contribution in [0.2, 0.25) is 0 Å². The van der Waals surface area contributed by atoms with Crippen molar-refractivity contribution >= 4 is 11.7 Å². The van der Waals surface area contributed by atoms with E-state index in [4.69, 9.17) is 4.74 Å². The van der Waals surface area contributed by atoms with Gasteiger partial charge >= 0.3 is 6.03 Å². The van der Waals surface area contributed by atoms with Crippen molar-refractivity contribution in [3.05, 3.63) is 30.2 Å². The maximum atomic E-state index is 12.9. The second-order valence-electron chi connectivity index (χ2n) is 7.04. The summed E-state index contributed by atoms with van der Waals surface area (Å²) in [6.45, 7) is 9.47. The van der Waals surface area contributed by atoms with E-state index in [2.05, 4.69) is 36.3 Å². The number of pyridine rings is 1. The summed E-state index contributed by atoms with van der Waals surface area (Å²) < 4.78 is 7.78. The number of nitrogens with one attached hydrogen (secondary N) is 1. The van der Waals surface area contributed by atoms with E-state index in [-0.39, 0.29) is 30.2 Å². The summed E-state index contributed by atoms with van der Waals surface area (Å²) in [5.74, 6) is 0.948. The maximum Gasteiger partial charge on any atom is 0.318 e. The molecule has 1 N–H and O–H groups in total. The second-order valence-corrected chi connectivity index (χ2v) is 7.04. The Labute approximate surface area is 148 Å². The number of nitrogens with zero attached hydrogens (tertiary/aromatic N) is 4. The van der Waals surface area contributed by atoms with E-state index in [1.54, 1.807) is 0 Å². The van der Waals surface area contributed by atoms with Gasteiger partial charge in [0.1, 0.15) is 0 Å². The molecule has 2 amide bonds. The third-order valence-electron chi connectivity index (χ3n) is 4.63. The summed E-state index contributed by atoms with van der Waals surface area (Å²) in [6.07, 6.45) is 2.98. The predicted octanol–water partition coefficient (Wildman–Crippen LogP) is 2.64. The standard InChI is InChI=1S/C18H27N5O2/c1-5-14-11-22(10-13(4)25-14)18(24)19-16(12(2)3)17-21-20-15-8-6-7-9-23(15)17/h6-9,12-14,16H,5,10-11H2,1-4H3,(H,19,24). The first kappa shape index (κ1) is 17.7. The number of carbonyl (C=O) groups excluding carboxylic acids is 1. The van der Waals surface area contributed by atoms with Crippen LogP contribution in [-0.2, 0) is 4.74 Å². The van der Waals surface area contributed by atoms with E-state index in [9.17, 15) is 4.79 Å². The minimum Gasteiger partial charge on any atom is -0.372 e. The van der Waals surface area contributed by atoms with Gasteiger partial charge in [0.05, 0.1) is 18.2 Å². The molecule has 2 aromatic heterocycles. The number of urea groups is 1. The molecule has 7 heteroatoms. The Morgan fingerprint density at radius 2 is 2.16 bits per heavy atom. The van der Waals surface area contributed by atoms with Gasteiger partial charge in [-0.3, -0.25) is 4.40 Å². The molecule has 2 aromatic rings. The third kappa shape index (κ3) is 3.76. The highest BCUT2D eigenvalue weighted by molar-refractivity contribution is 5.75. The third-order valence-corrected chi connectivity index (χ3v) is 4.63. The quantitative estimate of drug-likeness (QED) is 0.925. The van der Waals surface area contributed by atoms with Crippen molar-refractivity contribution < 1.29 is 9.53 Å². The first-order chi connectivity index (χ1) is 12.0. The topological polar surface area (TPSA) is 71.8 Å². The number of hydrogen-bond donors (Lipinski definition) is 1. The Balaban J connectivity index is 1.79. The molecule has 25 heavy (non-hydrogen) atoms. The number of amides is 2. The highest BCUT2D eigenvalue weighted by Gasteiger charge is 2.30. The van der Waals surface area contributed by atoms with Crippen molar-refractivity contribution in [2.24, 2.45) is 5.92 Å². The highest BCUT2D eigenvalue weighted by Crippen LogP contribution is 2.22. The minimum atomic E-state index is -0.205. The molecule has 0 aromatic carbocycles. The first-order valence-corrected chi connectivity index (χ1v) is 9.00. The lowest BCUT2D eigenvalue weighted by Crippen LogP contribution is -2.53. The summed E-state index contributed by atoms with van der Waals surface area (Å²) in [5, 5.41) is 11.7. The van der Waals surface area contributed by atoms with Crippen molar-refractivity contribution in [1.29, 1.82) is 0 Å². The molecule has 1 fully saturated rings. The SMILES string of the molecule is CCC1CN(C(=O)NC(c2nnc3ccccn23)C(C)C)CC(C)O1. The second kappa shape index (κ2) is 7.39. The highest BCUT2D eigenvalue weighted by atomic mass is 16.5. The number of ether oxygens (including phenoxy) is 1. The van der Waals surface area contributed by atoms with Gasteiger partial charge in [-0.1, -0.05) is 26.8 Å². The van der Waals surface area contributed by atoms with Crippen molar-refractivity contribution in [2.45, 2.75) is 52.4 Å². The molecule has 1 aliphatic heterocycles. The first-order valence-electron chi connectivity index (χ1n) is 9.00. The summed E-state index contributed by atoms with van der Waals surface area (Å²) in [5.41, 5.74) is 0.781. The lowest BCUT2D eigenvalue weighted by atomic mass is 10.0. The lowest BCUT2D eigenvalue weighted by Gasteiger charge is -2.37. The predicted molar refractivity (Wildman–Crippen MR) is 95.3 cm³/mol. The van der Waals surface area contributed by atoms with Gasteiger partial charge in [0, 0.05) is 19.3 Å². The van der Waals surface area contributed by atoms with Gasteiger partial charge in [-0.05, 0) is 31.4 Å². The van der Waals surface area contributed by atoms with E-state index in [1.807, 2.05) is 40.6 Å². The Morgan fingerprint density at radius 1 is 1.36 bits per heavy atom. The van der Waals surface area contributed by atoms with E-state index in [0.29, 0.717) is 13.1 Å². The lowest BCUT2D eigenvalue weighted by molar-refractivity contribution is -0.0649. The summed E-state index contributed by atoms with van der Waals surface area (Å²) in [6, 6.07) is 5.50. The van der Waals surface area contributed by atoms with Crippen LogP contribution in [0.15, 0.2) is 24.4 Å². The molecular formula is C18H27N5O2. The smallest absolute Gasteiger partial charge is 0.318 e. The van der Waals surface area contributed by atoms with Gasteiger partial charge in [-0.25, -0.2) is 4.79 Å². The average molecular weight is 345 g/mol. The summed E-state index contributed by atoms with van der Waals surface area (Å²) in [7, 11) is 0. The zero-order valence-electron chi connectivity index (χ0n) is 15.3. The van der Waals surface area contributed by atoms with Crippen LogP contribution in [-0.4, -0.2) is 50.8 Å². The van der Waals surface area contributed by atoms with Crippen LogP contribution in [0.25, 0.3) is 5.65 Å². The molecule has 3 atom stereocenters. The maximum absolute atomic E-state index is 12.9. The van der Waals surface area contributed by atoms with Gasteiger partial charge in [0.25, 0.3) is 0 Å². The molecule has 0 bridgehead atoms. The Hall–Kier alpha value is -2.15. The fourth-order valence-electron chi connectivity index (χ4n) is 3.26. The van der Waals surface area contributed by atoms with Crippen molar-refractivity contribution in [3.63, 3.8) is 0 Å². The van der Waals surface area contributed by atoms with Crippen LogP contribution in [0.5, 0.6) is 0 Å². The molecule has 0 saturated carbocycles. The van der Waals surface area contributed by atoms with E-state index in [1.165, 1.54) is 0 Å². The number of fused-ring (bicyclic) bond motifs is 1. The Kier molecular flexibility index (Phi) is 5.22. The molecule has 0 aliphatic carbocycles. The van der Waals surface area contributed by atoms with Crippen LogP contribution in [0.3, 0.4) is 0 Å². The normalized spacial score (nSPS) is 22.4. The number of morpholine rings is 1. The van der Waals surface area contributed by atoms with E-state index < -0.39 is 0 Å². The zero-order valence-corrected chi connectivity index (χ0v) is 15.3. The van der Waals surface area contributed by atoms with Gasteiger partial charge in [0.15, 0.2) is 11.5 Å². The van der Waals surface area contributed by atoms with E-state index >= 15 is 0 Å². The monoisotopic (exact) mass is 345 g/mol. The van der Waals surface area contributed by atoms with Crippen molar-refractivity contribution in [3.8, 4) is 0 Å². The molecule has 3 rings (SSSR count). The molecular weight excluding hydrogens is 318 g/mol. The van der Waals surface area contributed by atoms with E-state index in [0.717, 1.165) is 17.9 Å². The van der Waals surface area contributed by atoms with Gasteiger partial charge < -0.3 is 15.0 Å².